The van der Waals surface area contributed by atoms with Crippen molar-refractivity contribution in [1.82, 2.24) is 39.0 Å². The van der Waals surface area contributed by atoms with Gasteiger partial charge in [0.1, 0.15) is 0 Å². The number of rotatable bonds is 12. The van der Waals surface area contributed by atoms with Gasteiger partial charge in [-0.3, -0.25) is 0 Å². The van der Waals surface area contributed by atoms with Crippen molar-refractivity contribution < 1.29 is 0 Å². The monoisotopic (exact) mass is 1170 g/mol. The van der Waals surface area contributed by atoms with Gasteiger partial charge < -0.3 is 9.13 Å². The number of nitrogens with zero attached hydrogens (tertiary/aromatic N) is 8. The van der Waals surface area contributed by atoms with Crippen molar-refractivity contribution >= 4 is 43.6 Å². The molecule has 0 aliphatic rings. The van der Waals surface area contributed by atoms with Gasteiger partial charge in [-0.2, -0.15) is 0 Å². The van der Waals surface area contributed by atoms with E-state index >= 15 is 0 Å². The minimum Gasteiger partial charge on any atom is -0.309 e. The highest BCUT2D eigenvalue weighted by Gasteiger charge is 2.23. The third kappa shape index (κ3) is 9.85. The lowest BCUT2D eigenvalue weighted by Crippen LogP contribution is -2.04. The average molecular weight is 1180 g/mol. The minimum absolute atomic E-state index is 0.555. The van der Waals surface area contributed by atoms with E-state index in [-0.39, 0.29) is 0 Å². The number of hydrogen-bond donors (Lipinski definition) is 0. The van der Waals surface area contributed by atoms with Crippen LogP contribution in [0, 0.1) is 0 Å². The summed E-state index contributed by atoms with van der Waals surface area (Å²) in [6.45, 7) is 0. The van der Waals surface area contributed by atoms with Crippen molar-refractivity contribution in [2.45, 2.75) is 0 Å². The van der Waals surface area contributed by atoms with Crippen LogP contribution in [0.3, 0.4) is 0 Å². The van der Waals surface area contributed by atoms with Gasteiger partial charge in [0.15, 0.2) is 34.9 Å². The third-order valence-corrected chi connectivity index (χ3v) is 17.4. The first-order valence-corrected chi connectivity index (χ1v) is 30.9. The second kappa shape index (κ2) is 22.9. The summed E-state index contributed by atoms with van der Waals surface area (Å²) in [7, 11) is 0. The van der Waals surface area contributed by atoms with Crippen LogP contribution in [0.15, 0.2) is 328 Å². The molecule has 8 heteroatoms. The fraction of sp³-hybridized carbons (Fsp3) is 0. The molecule has 0 amide bonds. The molecule has 0 fully saturated rings. The molecule has 0 radical (unpaired) electrons. The first-order chi connectivity index (χ1) is 45.6. The van der Waals surface area contributed by atoms with E-state index in [2.05, 4.69) is 264 Å². The topological polar surface area (TPSA) is 87.2 Å². The molecule has 430 valence electrons. The Bertz CT molecular complexity index is 5500. The summed E-state index contributed by atoms with van der Waals surface area (Å²) in [4.78, 5) is 31.7. The van der Waals surface area contributed by atoms with Gasteiger partial charge in [0.25, 0.3) is 0 Å². The Morgan fingerprint density at radius 3 is 0.967 bits per heavy atom. The lowest BCUT2D eigenvalue weighted by Gasteiger charge is -2.17. The quantitative estimate of drug-likeness (QED) is 0.121. The van der Waals surface area contributed by atoms with Gasteiger partial charge >= 0.3 is 0 Å². The van der Waals surface area contributed by atoms with Crippen molar-refractivity contribution in [3.05, 3.63) is 328 Å². The largest absolute Gasteiger partial charge is 0.309 e. The van der Waals surface area contributed by atoms with Gasteiger partial charge in [-0.1, -0.05) is 255 Å². The van der Waals surface area contributed by atoms with Gasteiger partial charge in [-0.25, -0.2) is 29.9 Å². The highest BCUT2D eigenvalue weighted by atomic mass is 15.1. The fourth-order valence-electron chi connectivity index (χ4n) is 13.0. The van der Waals surface area contributed by atoms with Crippen molar-refractivity contribution in [2.75, 3.05) is 0 Å². The maximum Gasteiger partial charge on any atom is 0.166 e. The Kier molecular flexibility index (Phi) is 13.4. The molecule has 0 aliphatic heterocycles. The SMILES string of the molecule is c1ccc(-c2ccc3c(c2)c2ccccc2n3-c2cc(-c3cccc(-c4ccc(-n5c6ccccc6c6cc(-c7ccccc7)ccc65)c(-c5nc(-c6ccccc6)nc(-c6ccccc6)n5)c4)c3)cc(-c3nc(-c4ccccc4)nc(-c4ccccc4)n3)c2)cc1. The molecule has 0 aliphatic carbocycles. The van der Waals surface area contributed by atoms with E-state index in [0.29, 0.717) is 34.9 Å². The predicted octanol–water partition coefficient (Wildman–Crippen LogP) is 20.9. The summed E-state index contributed by atoms with van der Waals surface area (Å²) in [6.07, 6.45) is 0. The summed E-state index contributed by atoms with van der Waals surface area (Å²) >= 11 is 0. The Balaban J connectivity index is 0.882. The van der Waals surface area contributed by atoms with Crippen molar-refractivity contribution in [1.29, 1.82) is 0 Å². The summed E-state index contributed by atoms with van der Waals surface area (Å²) in [5.74, 6) is 3.48. The van der Waals surface area contributed by atoms with Crippen molar-refractivity contribution in [3.8, 4) is 124 Å². The van der Waals surface area contributed by atoms with Gasteiger partial charge in [0, 0.05) is 60.6 Å². The molecule has 0 saturated carbocycles. The number of para-hydroxylation sites is 2. The lowest BCUT2D eigenvalue weighted by molar-refractivity contribution is 1.06. The first-order valence-electron chi connectivity index (χ1n) is 30.9. The molecule has 0 atom stereocenters. The number of hydrogen-bond acceptors (Lipinski definition) is 6. The van der Waals surface area contributed by atoms with Crippen LogP contribution in [-0.2, 0) is 0 Å². The molecule has 4 aromatic heterocycles. The lowest BCUT2D eigenvalue weighted by atomic mass is 9.95. The maximum atomic E-state index is 5.42. The van der Waals surface area contributed by atoms with Crippen LogP contribution in [0.4, 0.5) is 0 Å². The zero-order valence-electron chi connectivity index (χ0n) is 49.8. The maximum absolute atomic E-state index is 5.42. The Morgan fingerprint density at radius 2 is 0.489 bits per heavy atom. The molecule has 0 bridgehead atoms. The van der Waals surface area contributed by atoms with E-state index in [1.807, 2.05) is 72.8 Å². The molecule has 17 rings (SSSR count). The second-order valence-electron chi connectivity index (χ2n) is 23.1. The normalized spacial score (nSPS) is 11.5. The van der Waals surface area contributed by atoms with Crippen LogP contribution in [0.25, 0.3) is 168 Å². The number of aromatic nitrogens is 8. The summed E-state index contributed by atoms with van der Waals surface area (Å²) in [5.41, 5.74) is 20.2. The van der Waals surface area contributed by atoms with E-state index < -0.39 is 0 Å². The molecule has 17 aromatic rings. The second-order valence-corrected chi connectivity index (χ2v) is 23.1. The first kappa shape index (κ1) is 53.7. The Hall–Kier alpha value is -12.5. The van der Waals surface area contributed by atoms with E-state index in [9.17, 15) is 0 Å². The third-order valence-electron chi connectivity index (χ3n) is 17.4. The number of fused-ring (bicyclic) bond motifs is 6. The highest BCUT2D eigenvalue weighted by Crippen LogP contribution is 2.43. The van der Waals surface area contributed by atoms with E-state index in [1.54, 1.807) is 0 Å². The standard InChI is InChI=1S/C84H54N8/c1-7-24-55(25-8-1)63-42-45-76-71(52-63)69-38-19-21-40-74(69)91(76)68-50-66(49-67(51-68)83-87-79(57-28-11-3-12-29-57)85-80(88-83)58-30-13-4-14-31-58)62-37-23-36-61(48-62)65-44-47-78(92-75-41-22-20-39-70(75)72-53-64(43-46-77(72)92)56-26-9-2-10-27-56)73(54-65)84-89-81(59-32-15-5-16-33-59)86-82(90-84)60-34-17-6-18-35-60/h1-54H. The fourth-order valence-corrected chi connectivity index (χ4v) is 13.0. The predicted molar refractivity (Wildman–Crippen MR) is 376 cm³/mol. The number of benzene rings is 13. The molecule has 0 saturated heterocycles. The van der Waals surface area contributed by atoms with Crippen molar-refractivity contribution in [3.63, 3.8) is 0 Å². The molecule has 4 heterocycles. The van der Waals surface area contributed by atoms with E-state index in [1.165, 1.54) is 5.56 Å². The van der Waals surface area contributed by atoms with Crippen LogP contribution in [0.5, 0.6) is 0 Å². The van der Waals surface area contributed by atoms with Crippen LogP contribution in [-0.4, -0.2) is 39.0 Å². The zero-order chi connectivity index (χ0) is 60.9. The molecule has 0 spiro atoms. The van der Waals surface area contributed by atoms with Crippen LogP contribution >= 0.6 is 0 Å². The Labute approximate surface area is 531 Å². The van der Waals surface area contributed by atoms with Gasteiger partial charge in [-0.05, 0) is 117 Å². The molecule has 92 heavy (non-hydrogen) atoms. The summed E-state index contributed by atoms with van der Waals surface area (Å²) in [6, 6.07) is 115. The molecule has 13 aromatic carbocycles. The Morgan fingerprint density at radius 1 is 0.174 bits per heavy atom. The van der Waals surface area contributed by atoms with Crippen LogP contribution in [0.1, 0.15) is 0 Å². The summed E-state index contributed by atoms with van der Waals surface area (Å²) in [5, 5.41) is 4.63. The zero-order valence-corrected chi connectivity index (χ0v) is 49.8. The van der Waals surface area contributed by atoms with E-state index in [4.69, 9.17) is 29.9 Å². The molecule has 0 unspecified atom stereocenters. The van der Waals surface area contributed by atoms with Gasteiger partial charge in [0.05, 0.1) is 27.8 Å². The summed E-state index contributed by atoms with van der Waals surface area (Å²) < 4.78 is 4.76. The average Bonchev–Trinajstić information content (AvgIpc) is 1.57. The molecular weight excluding hydrogens is 1120 g/mol. The highest BCUT2D eigenvalue weighted by molar-refractivity contribution is 6.12. The molecular formula is C84H54N8. The molecule has 0 N–H and O–H groups in total. The van der Waals surface area contributed by atoms with E-state index in [0.717, 1.165) is 127 Å². The smallest absolute Gasteiger partial charge is 0.166 e. The van der Waals surface area contributed by atoms with Gasteiger partial charge in [0.2, 0.25) is 0 Å². The van der Waals surface area contributed by atoms with Crippen LogP contribution < -0.4 is 0 Å². The van der Waals surface area contributed by atoms with Crippen LogP contribution in [0.2, 0.25) is 0 Å². The van der Waals surface area contributed by atoms with Crippen molar-refractivity contribution in [2.24, 2.45) is 0 Å². The molecule has 8 nitrogen and oxygen atoms in total. The van der Waals surface area contributed by atoms with Gasteiger partial charge in [-0.15, -0.1) is 0 Å². The minimum atomic E-state index is 0.555.